The number of rotatable bonds is 3. The number of ether oxygens (including phenoxy) is 2. The molecule has 1 aromatic rings. The first-order valence-electron chi connectivity index (χ1n) is 9.45. The van der Waals surface area contributed by atoms with Crippen molar-refractivity contribution in [2.45, 2.75) is 71.7 Å². The lowest BCUT2D eigenvalue weighted by molar-refractivity contribution is -0.159. The van der Waals surface area contributed by atoms with E-state index in [0.29, 0.717) is 11.3 Å². The van der Waals surface area contributed by atoms with E-state index in [1.165, 1.54) is 0 Å². The highest BCUT2D eigenvalue weighted by atomic mass is 16.6. The molecule has 5 nitrogen and oxygen atoms in total. The van der Waals surface area contributed by atoms with Gasteiger partial charge in [-0.2, -0.15) is 0 Å². The first-order chi connectivity index (χ1) is 12.3. The molecule has 140 valence electrons. The van der Waals surface area contributed by atoms with Gasteiger partial charge in [0.25, 0.3) is 0 Å². The summed E-state index contributed by atoms with van der Waals surface area (Å²) >= 11 is 0. The standard InChI is InChI=1S/C21H26O5/c1-6-11(2)9-15(22)25-19-16-12(3)10-24-17(16)18(23)21-14(26-21)8-7-13(4)20(19,21)5/h9-10,13-14,19H,6-8H2,1-5H3/b11-9+/t13-,14+,19+,20-,21-/m0/s1. The molecule has 1 spiro atoms. The van der Waals surface area contributed by atoms with Gasteiger partial charge in [-0.15, -0.1) is 0 Å². The summed E-state index contributed by atoms with van der Waals surface area (Å²) in [5.74, 6) is 0.0149. The Balaban J connectivity index is 1.84. The third kappa shape index (κ3) is 2.01. The molecule has 0 unspecified atom stereocenters. The lowest BCUT2D eigenvalue weighted by Gasteiger charge is -2.49. The minimum Gasteiger partial charge on any atom is -0.460 e. The van der Waals surface area contributed by atoms with Crippen LogP contribution in [0.25, 0.3) is 0 Å². The minimum absolute atomic E-state index is 0.0905. The third-order valence-corrected chi connectivity index (χ3v) is 6.94. The Morgan fingerprint density at radius 2 is 2.15 bits per heavy atom. The maximum atomic E-state index is 13.3. The Kier molecular flexibility index (Phi) is 3.75. The number of esters is 1. The van der Waals surface area contributed by atoms with Crippen molar-refractivity contribution in [3.05, 3.63) is 34.8 Å². The number of carbonyl (C=O) groups excluding carboxylic acids is 2. The van der Waals surface area contributed by atoms with Crippen molar-refractivity contribution in [3.8, 4) is 0 Å². The second kappa shape index (κ2) is 5.56. The molecule has 1 saturated carbocycles. The molecule has 0 amide bonds. The first kappa shape index (κ1) is 17.5. The smallest absolute Gasteiger partial charge is 0.331 e. The molecular formula is C21H26O5. The number of furan rings is 1. The average molecular weight is 358 g/mol. The van der Waals surface area contributed by atoms with Crippen molar-refractivity contribution < 1.29 is 23.5 Å². The number of carbonyl (C=O) groups is 2. The van der Waals surface area contributed by atoms with Crippen molar-refractivity contribution in [3.63, 3.8) is 0 Å². The number of Topliss-reactive ketones (excluding diaryl/α,β-unsaturated/α-hetero) is 1. The monoisotopic (exact) mass is 358 g/mol. The molecule has 1 aliphatic heterocycles. The first-order valence-corrected chi connectivity index (χ1v) is 9.45. The Morgan fingerprint density at radius 3 is 2.85 bits per heavy atom. The summed E-state index contributed by atoms with van der Waals surface area (Å²) in [7, 11) is 0. The highest BCUT2D eigenvalue weighted by Crippen LogP contribution is 2.69. The topological polar surface area (TPSA) is 69.0 Å². The van der Waals surface area contributed by atoms with Gasteiger partial charge in [-0.05, 0) is 44.6 Å². The van der Waals surface area contributed by atoms with Gasteiger partial charge in [-0.25, -0.2) is 4.79 Å². The molecule has 0 radical (unpaired) electrons. The van der Waals surface area contributed by atoms with Crippen LogP contribution in [0.5, 0.6) is 0 Å². The largest absolute Gasteiger partial charge is 0.460 e. The van der Waals surface area contributed by atoms with Crippen LogP contribution in [0.1, 0.15) is 74.7 Å². The molecule has 0 bridgehead atoms. The predicted octanol–water partition coefficient (Wildman–Crippen LogP) is 4.30. The van der Waals surface area contributed by atoms with Gasteiger partial charge in [0.1, 0.15) is 6.10 Å². The number of fused-ring (bicyclic) bond motifs is 1. The molecule has 5 heteroatoms. The molecular weight excluding hydrogens is 332 g/mol. The van der Waals surface area contributed by atoms with E-state index in [1.807, 2.05) is 27.7 Å². The third-order valence-electron chi connectivity index (χ3n) is 6.94. The molecule has 4 rings (SSSR count). The quantitative estimate of drug-likeness (QED) is 0.458. The van der Waals surface area contributed by atoms with Gasteiger partial charge in [0.15, 0.2) is 11.4 Å². The zero-order valence-electron chi connectivity index (χ0n) is 16.0. The van der Waals surface area contributed by atoms with Gasteiger partial charge in [0.05, 0.1) is 17.8 Å². The SMILES string of the molecule is CC/C(C)=C/C(=O)O[C@@H]1c2c(C)coc2C(=O)[C@@]23O[C@@H]2CC[C@H](C)[C@@]13C. The van der Waals surface area contributed by atoms with Crippen molar-refractivity contribution >= 4 is 11.8 Å². The Hall–Kier alpha value is -1.88. The summed E-state index contributed by atoms with van der Waals surface area (Å²) in [6.45, 7) is 9.97. The predicted molar refractivity (Wildman–Crippen MR) is 94.8 cm³/mol. The van der Waals surface area contributed by atoms with Crippen LogP contribution in [0.15, 0.2) is 22.3 Å². The fourth-order valence-electron chi connectivity index (χ4n) is 4.95. The average Bonchev–Trinajstić information content (AvgIpc) is 3.24. The van der Waals surface area contributed by atoms with Crippen LogP contribution in [0.3, 0.4) is 0 Å². The minimum atomic E-state index is -0.920. The van der Waals surface area contributed by atoms with Crippen LogP contribution in [-0.2, 0) is 14.3 Å². The van der Waals surface area contributed by atoms with Crippen molar-refractivity contribution in [2.24, 2.45) is 11.3 Å². The normalized spacial score (nSPS) is 38.3. The van der Waals surface area contributed by atoms with Gasteiger partial charge in [-0.1, -0.05) is 26.3 Å². The van der Waals surface area contributed by atoms with Crippen LogP contribution < -0.4 is 0 Å². The fraction of sp³-hybridized carbons (Fsp3) is 0.619. The second-order valence-electron chi connectivity index (χ2n) is 8.26. The van der Waals surface area contributed by atoms with Gasteiger partial charge in [-0.3, -0.25) is 4.79 Å². The molecule has 26 heavy (non-hydrogen) atoms. The van der Waals surface area contributed by atoms with E-state index in [1.54, 1.807) is 12.3 Å². The highest BCUT2D eigenvalue weighted by Gasteiger charge is 2.80. The summed E-state index contributed by atoms with van der Waals surface area (Å²) < 4.78 is 17.6. The van der Waals surface area contributed by atoms with Crippen molar-refractivity contribution in [2.75, 3.05) is 0 Å². The summed E-state index contributed by atoms with van der Waals surface area (Å²) in [6.07, 6.45) is 5.05. The van der Waals surface area contributed by atoms with E-state index in [-0.39, 0.29) is 23.8 Å². The van der Waals surface area contributed by atoms with E-state index in [2.05, 4.69) is 6.92 Å². The van der Waals surface area contributed by atoms with E-state index >= 15 is 0 Å². The number of allylic oxidation sites excluding steroid dienone is 1. The molecule has 1 saturated heterocycles. The summed E-state index contributed by atoms with van der Waals surface area (Å²) in [6, 6.07) is 0. The molecule has 0 N–H and O–H groups in total. The molecule has 2 fully saturated rings. The lowest BCUT2D eigenvalue weighted by Crippen LogP contribution is -2.57. The second-order valence-corrected chi connectivity index (χ2v) is 8.26. The number of ketones is 1. The van der Waals surface area contributed by atoms with Crippen molar-refractivity contribution in [1.29, 1.82) is 0 Å². The van der Waals surface area contributed by atoms with Gasteiger partial charge in [0.2, 0.25) is 5.78 Å². The number of hydrogen-bond acceptors (Lipinski definition) is 5. The summed E-state index contributed by atoms with van der Waals surface area (Å²) in [4.78, 5) is 25.9. The van der Waals surface area contributed by atoms with Gasteiger partial charge in [0, 0.05) is 11.6 Å². The summed E-state index contributed by atoms with van der Waals surface area (Å²) in [5, 5.41) is 0. The number of epoxide rings is 1. The Bertz CT molecular complexity index is 818. The number of hydrogen-bond donors (Lipinski definition) is 0. The van der Waals surface area contributed by atoms with Gasteiger partial charge >= 0.3 is 5.97 Å². The van der Waals surface area contributed by atoms with E-state index in [9.17, 15) is 9.59 Å². The molecule has 2 heterocycles. The Labute approximate surface area is 153 Å². The molecule has 0 aromatic carbocycles. The molecule has 3 aliphatic rings. The molecule has 1 aromatic heterocycles. The molecule has 2 aliphatic carbocycles. The zero-order valence-corrected chi connectivity index (χ0v) is 16.0. The van der Waals surface area contributed by atoms with Gasteiger partial charge < -0.3 is 13.9 Å². The van der Waals surface area contributed by atoms with E-state index in [4.69, 9.17) is 13.9 Å². The Morgan fingerprint density at radius 1 is 1.42 bits per heavy atom. The van der Waals surface area contributed by atoms with E-state index in [0.717, 1.165) is 30.4 Å². The summed E-state index contributed by atoms with van der Waals surface area (Å²) in [5.41, 5.74) is 0.993. The maximum absolute atomic E-state index is 13.3. The van der Waals surface area contributed by atoms with Crippen LogP contribution in [0, 0.1) is 18.3 Å². The van der Waals surface area contributed by atoms with Crippen molar-refractivity contribution in [1.82, 2.24) is 0 Å². The van der Waals surface area contributed by atoms with Crippen LogP contribution in [0.2, 0.25) is 0 Å². The van der Waals surface area contributed by atoms with Crippen LogP contribution in [0.4, 0.5) is 0 Å². The molecule has 5 atom stereocenters. The fourth-order valence-corrected chi connectivity index (χ4v) is 4.95. The van der Waals surface area contributed by atoms with Crippen LogP contribution >= 0.6 is 0 Å². The lowest BCUT2D eigenvalue weighted by atomic mass is 9.53. The number of aryl methyl sites for hydroxylation is 1. The maximum Gasteiger partial charge on any atom is 0.331 e. The van der Waals surface area contributed by atoms with E-state index < -0.39 is 17.1 Å². The zero-order chi connectivity index (χ0) is 18.9. The van der Waals surface area contributed by atoms with Crippen LogP contribution in [-0.4, -0.2) is 23.5 Å². The highest BCUT2D eigenvalue weighted by molar-refractivity contribution is 6.06.